The van der Waals surface area contributed by atoms with Gasteiger partial charge >= 0.3 is 6.18 Å². The molecule has 1 fully saturated rings. The Bertz CT molecular complexity index is 972. The van der Waals surface area contributed by atoms with Crippen molar-refractivity contribution in [1.29, 1.82) is 0 Å². The zero-order valence-electron chi connectivity index (χ0n) is 24.1. The average Bonchev–Trinajstić information content (AvgIpc) is 3.22. The van der Waals surface area contributed by atoms with E-state index in [1.165, 1.54) is 12.1 Å². The number of nitrogens with one attached hydrogen (secondary N) is 1. The Kier molecular flexibility index (Phi) is 12.9. The van der Waals surface area contributed by atoms with Crippen LogP contribution in [0.2, 0.25) is 0 Å². The SMILES string of the molecule is CC.CC.Cc1c(C(=O)Nc2cccc(C(F)(F)F)c2)cc(C(C)(C)C)n1CCC(C)N1CCOCC1. The fraction of sp³-hybridized carbons (Fsp3) is 0.621. The van der Waals surface area contributed by atoms with Gasteiger partial charge in [0.2, 0.25) is 0 Å². The number of ether oxygens (including phenoxy) is 1. The number of amides is 1. The Morgan fingerprint density at radius 2 is 1.65 bits per heavy atom. The van der Waals surface area contributed by atoms with E-state index in [1.807, 2.05) is 40.7 Å². The van der Waals surface area contributed by atoms with Gasteiger partial charge in [0, 0.05) is 48.2 Å². The Morgan fingerprint density at radius 3 is 2.19 bits per heavy atom. The molecule has 0 aliphatic carbocycles. The van der Waals surface area contributed by atoms with Crippen molar-refractivity contribution >= 4 is 11.6 Å². The number of hydrogen-bond donors (Lipinski definition) is 1. The van der Waals surface area contributed by atoms with E-state index < -0.39 is 17.6 Å². The van der Waals surface area contributed by atoms with Gasteiger partial charge in [0.05, 0.1) is 24.3 Å². The molecule has 1 aromatic carbocycles. The van der Waals surface area contributed by atoms with E-state index in [0.717, 1.165) is 62.8 Å². The summed E-state index contributed by atoms with van der Waals surface area (Å²) in [4.78, 5) is 15.5. The standard InChI is InChI=1S/C25H34F3N3O2.2C2H6/c1-17(30-11-13-33-14-12-30)9-10-31-18(2)21(16-22(31)24(3,4)5)23(32)29-20-8-6-7-19(15-20)25(26,27)28;2*1-2/h6-8,15-17H,9-14H2,1-5H3,(H,29,32);2*1-2H3. The van der Waals surface area contributed by atoms with Gasteiger partial charge < -0.3 is 14.6 Å². The van der Waals surface area contributed by atoms with Crippen molar-refractivity contribution < 1.29 is 22.7 Å². The Balaban J connectivity index is 0.00000163. The second-order valence-corrected chi connectivity index (χ2v) is 9.75. The van der Waals surface area contributed by atoms with E-state index in [2.05, 4.69) is 42.5 Å². The molecule has 2 heterocycles. The number of halogens is 3. The Morgan fingerprint density at radius 1 is 1.05 bits per heavy atom. The highest BCUT2D eigenvalue weighted by Crippen LogP contribution is 2.32. The van der Waals surface area contributed by atoms with Crippen molar-refractivity contribution in [2.45, 2.75) is 92.9 Å². The second kappa shape index (κ2) is 14.6. The smallest absolute Gasteiger partial charge is 0.379 e. The lowest BCUT2D eigenvalue weighted by Crippen LogP contribution is -2.42. The van der Waals surface area contributed by atoms with E-state index in [1.54, 1.807) is 0 Å². The Labute approximate surface area is 221 Å². The minimum absolute atomic E-state index is 0.125. The van der Waals surface area contributed by atoms with E-state index in [0.29, 0.717) is 11.6 Å². The van der Waals surface area contributed by atoms with Crippen LogP contribution in [0, 0.1) is 6.92 Å². The molecule has 1 N–H and O–H groups in total. The topological polar surface area (TPSA) is 46.5 Å². The number of aromatic nitrogens is 1. The molecule has 0 bridgehead atoms. The predicted molar refractivity (Wildman–Crippen MR) is 146 cm³/mol. The van der Waals surface area contributed by atoms with Gasteiger partial charge in [-0.2, -0.15) is 13.2 Å². The maximum atomic E-state index is 13.0. The second-order valence-electron chi connectivity index (χ2n) is 9.75. The third-order valence-electron chi connectivity index (χ3n) is 6.27. The van der Waals surface area contributed by atoms with E-state index >= 15 is 0 Å². The minimum atomic E-state index is -4.46. The van der Waals surface area contributed by atoms with Crippen molar-refractivity contribution in [2.24, 2.45) is 0 Å². The number of rotatable bonds is 6. The van der Waals surface area contributed by atoms with Crippen LogP contribution in [0.3, 0.4) is 0 Å². The van der Waals surface area contributed by atoms with Crippen LogP contribution in [0.5, 0.6) is 0 Å². The number of benzene rings is 1. The molecular formula is C29H46F3N3O2. The number of hydrogen-bond acceptors (Lipinski definition) is 3. The number of carbonyl (C=O) groups is 1. The van der Waals surface area contributed by atoms with E-state index in [-0.39, 0.29) is 11.1 Å². The summed E-state index contributed by atoms with van der Waals surface area (Å²) in [5.41, 5.74) is 1.47. The van der Waals surface area contributed by atoms with Crippen molar-refractivity contribution in [1.82, 2.24) is 9.47 Å². The highest BCUT2D eigenvalue weighted by molar-refractivity contribution is 6.05. The van der Waals surface area contributed by atoms with Crippen LogP contribution in [0.1, 0.15) is 89.1 Å². The average molecular weight is 526 g/mol. The molecule has 2 aromatic rings. The van der Waals surface area contributed by atoms with Crippen molar-refractivity contribution in [3.63, 3.8) is 0 Å². The minimum Gasteiger partial charge on any atom is -0.379 e. The predicted octanol–water partition coefficient (Wildman–Crippen LogP) is 7.53. The van der Waals surface area contributed by atoms with Crippen LogP contribution in [0.15, 0.2) is 30.3 Å². The molecule has 0 radical (unpaired) electrons. The molecular weight excluding hydrogens is 479 g/mol. The summed E-state index contributed by atoms with van der Waals surface area (Å²) in [7, 11) is 0. The third kappa shape index (κ3) is 9.18. The molecule has 1 aliphatic heterocycles. The zero-order chi connectivity index (χ0) is 28.4. The molecule has 1 aromatic heterocycles. The van der Waals surface area contributed by atoms with E-state index in [9.17, 15) is 18.0 Å². The number of carbonyl (C=O) groups excluding carboxylic acids is 1. The fourth-order valence-electron chi connectivity index (χ4n) is 4.27. The largest absolute Gasteiger partial charge is 0.416 e. The number of nitrogens with zero attached hydrogens (tertiary/aromatic N) is 2. The summed E-state index contributed by atoms with van der Waals surface area (Å²) in [6.07, 6.45) is -3.54. The monoisotopic (exact) mass is 525 g/mol. The van der Waals surface area contributed by atoms with Crippen LogP contribution in [0.4, 0.5) is 18.9 Å². The number of alkyl halides is 3. The normalized spacial score (nSPS) is 15.1. The Hall–Kier alpha value is -2.32. The summed E-state index contributed by atoms with van der Waals surface area (Å²) in [6, 6.07) is 6.96. The molecule has 1 amide bonds. The summed E-state index contributed by atoms with van der Waals surface area (Å²) in [6.45, 7) is 22.5. The van der Waals surface area contributed by atoms with Gasteiger partial charge in [0.1, 0.15) is 0 Å². The van der Waals surface area contributed by atoms with Crippen LogP contribution in [0.25, 0.3) is 0 Å². The van der Waals surface area contributed by atoms with Gasteiger partial charge in [-0.25, -0.2) is 0 Å². The summed E-state index contributed by atoms with van der Waals surface area (Å²) < 4.78 is 46.7. The van der Waals surface area contributed by atoms with Gasteiger partial charge in [-0.15, -0.1) is 0 Å². The first-order valence-corrected chi connectivity index (χ1v) is 13.4. The molecule has 1 unspecified atom stereocenters. The van der Waals surface area contributed by atoms with Gasteiger partial charge in [-0.05, 0) is 44.5 Å². The number of morpholine rings is 1. The molecule has 5 nitrogen and oxygen atoms in total. The molecule has 210 valence electrons. The number of anilines is 1. The van der Waals surface area contributed by atoms with Crippen LogP contribution in [-0.4, -0.2) is 47.7 Å². The molecule has 0 saturated carbocycles. The van der Waals surface area contributed by atoms with Gasteiger partial charge in [-0.1, -0.05) is 54.5 Å². The highest BCUT2D eigenvalue weighted by atomic mass is 19.4. The van der Waals surface area contributed by atoms with Gasteiger partial charge in [-0.3, -0.25) is 9.69 Å². The molecule has 37 heavy (non-hydrogen) atoms. The summed E-state index contributed by atoms with van der Waals surface area (Å²) >= 11 is 0. The lowest BCUT2D eigenvalue weighted by molar-refractivity contribution is -0.137. The molecule has 1 saturated heterocycles. The molecule has 8 heteroatoms. The first kappa shape index (κ1) is 32.7. The lowest BCUT2D eigenvalue weighted by Gasteiger charge is -2.33. The first-order chi connectivity index (χ1) is 17.4. The van der Waals surface area contributed by atoms with Crippen molar-refractivity contribution in [3.05, 3.63) is 52.8 Å². The zero-order valence-corrected chi connectivity index (χ0v) is 24.1. The molecule has 1 atom stereocenters. The maximum Gasteiger partial charge on any atom is 0.416 e. The molecule has 3 rings (SSSR count). The van der Waals surface area contributed by atoms with Crippen LogP contribution in [-0.2, 0) is 22.9 Å². The molecule has 1 aliphatic rings. The van der Waals surface area contributed by atoms with Crippen LogP contribution < -0.4 is 5.32 Å². The van der Waals surface area contributed by atoms with E-state index in [4.69, 9.17) is 4.74 Å². The summed E-state index contributed by atoms with van der Waals surface area (Å²) in [5, 5.41) is 2.65. The summed E-state index contributed by atoms with van der Waals surface area (Å²) in [5.74, 6) is -0.405. The maximum absolute atomic E-state index is 13.0. The van der Waals surface area contributed by atoms with Gasteiger partial charge in [0.15, 0.2) is 0 Å². The van der Waals surface area contributed by atoms with Gasteiger partial charge in [0.25, 0.3) is 5.91 Å². The van der Waals surface area contributed by atoms with Crippen molar-refractivity contribution in [2.75, 3.05) is 31.6 Å². The third-order valence-corrected chi connectivity index (χ3v) is 6.27. The van der Waals surface area contributed by atoms with Crippen molar-refractivity contribution in [3.8, 4) is 0 Å². The first-order valence-electron chi connectivity index (χ1n) is 13.4. The fourth-order valence-corrected chi connectivity index (χ4v) is 4.27. The van der Waals surface area contributed by atoms with Crippen LogP contribution >= 0.6 is 0 Å². The lowest BCUT2D eigenvalue weighted by atomic mass is 9.91. The highest BCUT2D eigenvalue weighted by Gasteiger charge is 2.31. The molecule has 0 spiro atoms. The quantitative estimate of drug-likeness (QED) is 0.424.